The Hall–Kier alpha value is -2.67. The largest absolute Gasteiger partial charge is 0.380 e. The minimum Gasteiger partial charge on any atom is -0.380 e. The molecule has 39 heavy (non-hydrogen) atoms. The molecule has 0 bridgehead atoms. The number of hydrogen-bond donors (Lipinski definition) is 1. The Bertz CT molecular complexity index is 1150. The minimum absolute atomic E-state index is 0.0291. The number of benzene rings is 1. The lowest BCUT2D eigenvalue weighted by Gasteiger charge is -2.45. The lowest BCUT2D eigenvalue weighted by Crippen LogP contribution is -2.53. The monoisotopic (exact) mass is 532 g/mol. The predicted molar refractivity (Wildman–Crippen MR) is 150 cm³/mol. The molecule has 2 aliphatic carbocycles. The summed E-state index contributed by atoms with van der Waals surface area (Å²) in [6, 6.07) is 10.6. The molecule has 210 valence electrons. The van der Waals surface area contributed by atoms with Crippen LogP contribution in [0.15, 0.2) is 36.5 Å². The SMILES string of the molecule is O=C(c1ccc(C2Cn3nccc3CC23CCCCCCCCCC3)cc1)N1CCN(C(=O)C2(O)CC2)CC1. The van der Waals surface area contributed by atoms with Crippen molar-refractivity contribution in [3.63, 3.8) is 0 Å². The smallest absolute Gasteiger partial charge is 0.254 e. The van der Waals surface area contributed by atoms with Gasteiger partial charge < -0.3 is 14.9 Å². The van der Waals surface area contributed by atoms with Crippen LogP contribution in [0.3, 0.4) is 0 Å². The summed E-state index contributed by atoms with van der Waals surface area (Å²) in [4.78, 5) is 29.4. The van der Waals surface area contributed by atoms with E-state index in [4.69, 9.17) is 0 Å². The molecule has 3 heterocycles. The molecular formula is C32H44N4O3. The maximum Gasteiger partial charge on any atom is 0.254 e. The van der Waals surface area contributed by atoms with Crippen LogP contribution in [0.1, 0.15) is 105 Å². The second-order valence-electron chi connectivity index (χ2n) is 12.7. The third-order valence-corrected chi connectivity index (χ3v) is 10.1. The molecule has 1 unspecified atom stereocenters. The van der Waals surface area contributed by atoms with Crippen molar-refractivity contribution in [2.45, 2.75) is 102 Å². The number of nitrogens with zero attached hydrogens (tertiary/aromatic N) is 4. The van der Waals surface area contributed by atoms with Crippen LogP contribution >= 0.6 is 0 Å². The highest BCUT2D eigenvalue weighted by Gasteiger charge is 2.50. The highest BCUT2D eigenvalue weighted by molar-refractivity contribution is 5.94. The topological polar surface area (TPSA) is 78.7 Å². The molecule has 2 aliphatic heterocycles. The highest BCUT2D eigenvalue weighted by Crippen LogP contribution is 2.50. The van der Waals surface area contributed by atoms with Crippen LogP contribution in [0, 0.1) is 5.41 Å². The van der Waals surface area contributed by atoms with Gasteiger partial charge >= 0.3 is 0 Å². The number of rotatable bonds is 3. The summed E-state index contributed by atoms with van der Waals surface area (Å²) < 4.78 is 2.21. The molecule has 3 fully saturated rings. The van der Waals surface area contributed by atoms with Gasteiger partial charge in [-0.25, -0.2) is 0 Å². The van der Waals surface area contributed by atoms with Gasteiger partial charge in [0.25, 0.3) is 11.8 Å². The van der Waals surface area contributed by atoms with Gasteiger partial charge in [-0.15, -0.1) is 0 Å². The molecule has 0 radical (unpaired) electrons. The van der Waals surface area contributed by atoms with Crippen molar-refractivity contribution < 1.29 is 14.7 Å². The average molecular weight is 533 g/mol. The van der Waals surface area contributed by atoms with Crippen LogP contribution in [0.5, 0.6) is 0 Å². The first-order chi connectivity index (χ1) is 19.0. The molecule has 1 aromatic carbocycles. The fourth-order valence-corrected chi connectivity index (χ4v) is 7.43. The lowest BCUT2D eigenvalue weighted by molar-refractivity contribution is -0.143. The molecule has 2 aromatic rings. The van der Waals surface area contributed by atoms with Gasteiger partial charge in [-0.05, 0) is 61.3 Å². The molecule has 2 amide bonds. The lowest BCUT2D eigenvalue weighted by atomic mass is 9.62. The van der Waals surface area contributed by atoms with E-state index in [-0.39, 0.29) is 17.2 Å². The van der Waals surface area contributed by atoms with E-state index in [1.165, 1.54) is 75.5 Å². The normalized spacial score (nSPS) is 25.0. The number of aromatic nitrogens is 2. The van der Waals surface area contributed by atoms with Crippen molar-refractivity contribution in [2.24, 2.45) is 5.41 Å². The van der Waals surface area contributed by atoms with Gasteiger partial charge in [-0.1, -0.05) is 63.5 Å². The fourth-order valence-electron chi connectivity index (χ4n) is 7.43. The molecule has 1 aromatic heterocycles. The Labute approximate surface area is 232 Å². The highest BCUT2D eigenvalue weighted by atomic mass is 16.3. The number of fused-ring (bicyclic) bond motifs is 1. The van der Waals surface area contributed by atoms with Crippen molar-refractivity contribution in [1.82, 2.24) is 19.6 Å². The first-order valence-electron chi connectivity index (χ1n) is 15.4. The maximum atomic E-state index is 13.3. The molecule has 1 spiro atoms. The second kappa shape index (κ2) is 11.1. The zero-order chi connectivity index (χ0) is 26.9. The Morgan fingerprint density at radius 2 is 1.36 bits per heavy atom. The number of amides is 2. The molecule has 2 saturated carbocycles. The van der Waals surface area contributed by atoms with Crippen LogP contribution in [0.25, 0.3) is 0 Å². The van der Waals surface area contributed by atoms with Crippen molar-refractivity contribution in [3.8, 4) is 0 Å². The van der Waals surface area contributed by atoms with Gasteiger partial charge in [-0.3, -0.25) is 14.3 Å². The van der Waals surface area contributed by atoms with Crippen molar-refractivity contribution >= 4 is 11.8 Å². The van der Waals surface area contributed by atoms with Crippen molar-refractivity contribution in [1.29, 1.82) is 0 Å². The molecule has 4 aliphatic rings. The quantitative estimate of drug-likeness (QED) is 0.608. The summed E-state index contributed by atoms with van der Waals surface area (Å²) in [6.45, 7) is 2.91. The van der Waals surface area contributed by atoms with Gasteiger partial charge in [0.2, 0.25) is 0 Å². The summed E-state index contributed by atoms with van der Waals surface area (Å²) in [5.74, 6) is 0.260. The Balaban J connectivity index is 1.17. The molecule has 1 atom stereocenters. The van der Waals surface area contributed by atoms with Gasteiger partial charge in [-0.2, -0.15) is 5.10 Å². The van der Waals surface area contributed by atoms with Gasteiger partial charge in [0, 0.05) is 56.1 Å². The summed E-state index contributed by atoms with van der Waals surface area (Å²) in [7, 11) is 0. The van der Waals surface area contributed by atoms with E-state index in [1.807, 2.05) is 23.2 Å². The summed E-state index contributed by atoms with van der Waals surface area (Å²) in [6.07, 6.45) is 17.4. The van der Waals surface area contributed by atoms with Gasteiger partial charge in [0.05, 0.1) is 0 Å². The molecule has 1 saturated heterocycles. The summed E-state index contributed by atoms with van der Waals surface area (Å²) >= 11 is 0. The minimum atomic E-state index is -1.14. The van der Waals surface area contributed by atoms with E-state index in [2.05, 4.69) is 28.0 Å². The number of carbonyl (C=O) groups is 2. The Kier molecular flexibility index (Phi) is 7.54. The second-order valence-corrected chi connectivity index (χ2v) is 12.7. The predicted octanol–water partition coefficient (Wildman–Crippen LogP) is 4.93. The van der Waals surface area contributed by atoms with E-state index in [1.54, 1.807) is 4.90 Å². The van der Waals surface area contributed by atoms with Crippen LogP contribution in [0.4, 0.5) is 0 Å². The maximum absolute atomic E-state index is 13.3. The molecule has 7 heteroatoms. The Morgan fingerprint density at radius 1 is 0.769 bits per heavy atom. The van der Waals surface area contributed by atoms with E-state index in [0.29, 0.717) is 50.5 Å². The summed E-state index contributed by atoms with van der Waals surface area (Å²) in [5.41, 5.74) is 2.53. The van der Waals surface area contributed by atoms with Crippen LogP contribution < -0.4 is 0 Å². The average Bonchev–Trinajstić information content (AvgIpc) is 3.57. The Morgan fingerprint density at radius 3 is 1.97 bits per heavy atom. The van der Waals surface area contributed by atoms with E-state index in [0.717, 1.165) is 13.0 Å². The first kappa shape index (κ1) is 26.5. The van der Waals surface area contributed by atoms with E-state index < -0.39 is 5.60 Å². The molecule has 7 nitrogen and oxygen atoms in total. The fraction of sp³-hybridized carbons (Fsp3) is 0.656. The van der Waals surface area contributed by atoms with E-state index in [9.17, 15) is 14.7 Å². The van der Waals surface area contributed by atoms with Gasteiger partial charge in [0.15, 0.2) is 0 Å². The van der Waals surface area contributed by atoms with Gasteiger partial charge in [0.1, 0.15) is 5.60 Å². The van der Waals surface area contributed by atoms with Crippen LogP contribution in [-0.2, 0) is 17.8 Å². The molecule has 1 N–H and O–H groups in total. The number of aliphatic hydroxyl groups is 1. The standard InChI is InChI=1S/C32H44N4O3/c37-29(34-19-21-35(22-20-34)30(38)32(39)16-17-32)26-11-9-25(10-12-26)28-24-36-27(13-18-33-36)23-31(28)14-7-5-3-1-2-4-6-8-15-31/h9-13,18,28,39H,1-8,14-17,19-24H2. The first-order valence-corrected chi connectivity index (χ1v) is 15.4. The molecular weight excluding hydrogens is 488 g/mol. The third kappa shape index (κ3) is 5.52. The van der Waals surface area contributed by atoms with Crippen molar-refractivity contribution in [2.75, 3.05) is 26.2 Å². The van der Waals surface area contributed by atoms with E-state index >= 15 is 0 Å². The summed E-state index contributed by atoms with van der Waals surface area (Å²) in [5, 5.41) is 14.8. The molecule has 6 rings (SSSR count). The van der Waals surface area contributed by atoms with Crippen molar-refractivity contribution in [3.05, 3.63) is 53.3 Å². The zero-order valence-corrected chi connectivity index (χ0v) is 23.3. The number of hydrogen-bond acceptors (Lipinski definition) is 4. The van der Waals surface area contributed by atoms with Crippen LogP contribution in [-0.4, -0.2) is 68.3 Å². The van der Waals surface area contributed by atoms with Crippen LogP contribution in [0.2, 0.25) is 0 Å². The third-order valence-electron chi connectivity index (χ3n) is 10.1. The number of carbonyl (C=O) groups excluding carboxylic acids is 2. The zero-order valence-electron chi connectivity index (χ0n) is 23.3. The number of piperazine rings is 1.